The number of anilines is 1. The van der Waals surface area contributed by atoms with Crippen LogP contribution in [0.25, 0.3) is 0 Å². The molecule has 7 heteroatoms. The fourth-order valence-corrected chi connectivity index (χ4v) is 3.26. The molecule has 0 spiro atoms. The maximum absolute atomic E-state index is 12.7. The van der Waals surface area contributed by atoms with Gasteiger partial charge in [-0.05, 0) is 57.2 Å². The lowest BCUT2D eigenvalue weighted by Crippen LogP contribution is -2.40. The largest absolute Gasteiger partial charge is 0.337 e. The van der Waals surface area contributed by atoms with E-state index < -0.39 is 0 Å². The van der Waals surface area contributed by atoms with Crippen LogP contribution in [-0.4, -0.2) is 33.4 Å². The first kappa shape index (κ1) is 18.1. The Kier molecular flexibility index (Phi) is 5.35. The molecule has 1 aromatic carbocycles. The van der Waals surface area contributed by atoms with Crippen LogP contribution in [0.15, 0.2) is 22.7 Å². The number of rotatable bonds is 4. The first-order chi connectivity index (χ1) is 12.5. The lowest BCUT2D eigenvalue weighted by Gasteiger charge is -2.33. The second-order valence-corrected chi connectivity index (χ2v) is 6.75. The Morgan fingerprint density at radius 3 is 2.81 bits per heavy atom. The normalized spacial score (nSPS) is 17.2. The van der Waals surface area contributed by atoms with Gasteiger partial charge >= 0.3 is 0 Å². The average molecular weight is 356 g/mol. The highest BCUT2D eigenvalue weighted by atomic mass is 16.5. The van der Waals surface area contributed by atoms with Crippen LogP contribution in [0.1, 0.15) is 54.6 Å². The molecule has 2 heterocycles. The minimum absolute atomic E-state index is 0.197. The fourth-order valence-electron chi connectivity index (χ4n) is 3.26. The van der Waals surface area contributed by atoms with Gasteiger partial charge in [-0.15, -0.1) is 0 Å². The lowest BCUT2D eigenvalue weighted by molar-refractivity contribution is -0.138. The van der Waals surface area contributed by atoms with Crippen molar-refractivity contribution in [2.24, 2.45) is 0 Å². The topological polar surface area (TPSA) is 88.3 Å². The molecule has 1 atom stereocenters. The molecule has 3 rings (SSSR count). The summed E-state index contributed by atoms with van der Waals surface area (Å²) in [4.78, 5) is 31.0. The van der Waals surface area contributed by atoms with E-state index in [4.69, 9.17) is 4.52 Å². The van der Waals surface area contributed by atoms with Gasteiger partial charge in [0, 0.05) is 12.2 Å². The maximum atomic E-state index is 12.7. The molecule has 2 aromatic rings. The number of benzene rings is 1. The van der Waals surface area contributed by atoms with E-state index in [-0.39, 0.29) is 24.3 Å². The number of amides is 2. The fraction of sp³-hybridized carbons (Fsp3) is 0.474. The molecule has 0 bridgehead atoms. The number of carbonyl (C=O) groups excluding carboxylic acids is 2. The molecule has 2 amide bonds. The minimum Gasteiger partial charge on any atom is -0.337 e. The van der Waals surface area contributed by atoms with Crippen molar-refractivity contribution in [3.8, 4) is 0 Å². The summed E-state index contributed by atoms with van der Waals surface area (Å²) in [5.41, 5.74) is 2.84. The summed E-state index contributed by atoms with van der Waals surface area (Å²) in [7, 11) is 0. The molecule has 26 heavy (non-hydrogen) atoms. The molecule has 138 valence electrons. The van der Waals surface area contributed by atoms with E-state index >= 15 is 0 Å². The molecule has 0 aliphatic carbocycles. The summed E-state index contributed by atoms with van der Waals surface area (Å²) < 4.78 is 5.26. The van der Waals surface area contributed by atoms with Gasteiger partial charge in [0.15, 0.2) is 5.82 Å². The van der Waals surface area contributed by atoms with Gasteiger partial charge in [0.1, 0.15) is 12.5 Å². The molecule has 1 saturated heterocycles. The van der Waals surface area contributed by atoms with Gasteiger partial charge in [-0.2, -0.15) is 4.98 Å². The van der Waals surface area contributed by atoms with E-state index in [1.54, 1.807) is 11.8 Å². The minimum atomic E-state index is -0.310. The zero-order chi connectivity index (χ0) is 18.7. The molecule has 1 fully saturated rings. The smallest absolute Gasteiger partial charge is 0.249 e. The van der Waals surface area contributed by atoms with Gasteiger partial charge in [-0.1, -0.05) is 17.3 Å². The van der Waals surface area contributed by atoms with Gasteiger partial charge in [0.25, 0.3) is 0 Å². The molecule has 1 N–H and O–H groups in total. The Balaban J connectivity index is 1.67. The van der Waals surface area contributed by atoms with Crippen molar-refractivity contribution >= 4 is 17.5 Å². The van der Waals surface area contributed by atoms with Gasteiger partial charge < -0.3 is 14.7 Å². The van der Waals surface area contributed by atoms with Crippen LogP contribution in [0.3, 0.4) is 0 Å². The Bertz CT molecular complexity index is 815. The molecular weight excluding hydrogens is 332 g/mol. The summed E-state index contributed by atoms with van der Waals surface area (Å²) in [6.07, 6.45) is 2.47. The van der Waals surface area contributed by atoms with Gasteiger partial charge in [0.05, 0.1) is 0 Å². The van der Waals surface area contributed by atoms with Gasteiger partial charge in [-0.25, -0.2) is 0 Å². The number of nitrogens with one attached hydrogen (secondary N) is 1. The van der Waals surface area contributed by atoms with Crippen molar-refractivity contribution in [1.82, 2.24) is 15.0 Å². The maximum Gasteiger partial charge on any atom is 0.249 e. The van der Waals surface area contributed by atoms with Crippen LogP contribution in [0.4, 0.5) is 5.69 Å². The van der Waals surface area contributed by atoms with Crippen LogP contribution in [0, 0.1) is 20.8 Å². The predicted octanol–water partition coefficient (Wildman–Crippen LogP) is 3.08. The Morgan fingerprint density at radius 1 is 1.27 bits per heavy atom. The summed E-state index contributed by atoms with van der Waals surface area (Å²) >= 11 is 0. The van der Waals surface area contributed by atoms with Crippen LogP contribution in [0.5, 0.6) is 0 Å². The Labute approximate surface area is 152 Å². The van der Waals surface area contributed by atoms with E-state index in [9.17, 15) is 9.59 Å². The third kappa shape index (κ3) is 3.92. The lowest BCUT2D eigenvalue weighted by atomic mass is 10.0. The average Bonchev–Trinajstić information content (AvgIpc) is 3.05. The number of carbonyl (C=O) groups is 2. The molecule has 1 unspecified atom stereocenters. The van der Waals surface area contributed by atoms with Crippen molar-refractivity contribution in [3.05, 3.63) is 41.0 Å². The first-order valence-electron chi connectivity index (χ1n) is 8.91. The third-order valence-corrected chi connectivity index (χ3v) is 4.84. The zero-order valence-electron chi connectivity index (χ0n) is 15.4. The predicted molar refractivity (Wildman–Crippen MR) is 96.5 cm³/mol. The number of aromatic nitrogens is 2. The number of hydrogen-bond donors (Lipinski definition) is 1. The monoisotopic (exact) mass is 356 g/mol. The van der Waals surface area contributed by atoms with E-state index in [1.165, 1.54) is 0 Å². The number of hydrogen-bond acceptors (Lipinski definition) is 5. The summed E-state index contributed by atoms with van der Waals surface area (Å²) in [6.45, 7) is 6.29. The molecular formula is C19H24N4O3. The molecule has 1 aliphatic heterocycles. The second-order valence-electron chi connectivity index (χ2n) is 6.75. The number of nitrogens with zero attached hydrogens (tertiary/aromatic N) is 3. The highest BCUT2D eigenvalue weighted by Crippen LogP contribution is 2.30. The van der Waals surface area contributed by atoms with Gasteiger partial charge in [-0.3, -0.25) is 9.59 Å². The summed E-state index contributed by atoms with van der Waals surface area (Å²) in [5.74, 6) is 0.471. The Hall–Kier alpha value is -2.70. The quantitative estimate of drug-likeness (QED) is 0.851. The Morgan fingerprint density at radius 2 is 2.08 bits per heavy atom. The summed E-state index contributed by atoms with van der Waals surface area (Å²) in [5, 5.41) is 6.66. The zero-order valence-corrected chi connectivity index (χ0v) is 15.4. The van der Waals surface area contributed by atoms with Crippen LogP contribution in [0.2, 0.25) is 0 Å². The second kappa shape index (κ2) is 7.68. The van der Waals surface area contributed by atoms with E-state index in [0.29, 0.717) is 18.3 Å². The SMILES string of the molecule is Cc1noc(C2CCCCN2C(=O)CC(=O)Nc2cccc(C)c2C)n1. The standard InChI is InChI=1S/C19H24N4O3/c1-12-7-6-8-15(13(12)2)21-17(24)11-18(25)23-10-5-4-9-16(23)19-20-14(3)22-26-19/h6-8,16H,4-5,9-11H2,1-3H3,(H,21,24). The van der Waals surface area contributed by atoms with Crippen molar-refractivity contribution in [3.63, 3.8) is 0 Å². The highest BCUT2D eigenvalue weighted by molar-refractivity contribution is 6.04. The third-order valence-electron chi connectivity index (χ3n) is 4.84. The van der Waals surface area contributed by atoms with Crippen LogP contribution in [-0.2, 0) is 9.59 Å². The van der Waals surface area contributed by atoms with Crippen molar-refractivity contribution in [2.45, 2.75) is 52.5 Å². The summed E-state index contributed by atoms with van der Waals surface area (Å²) in [6, 6.07) is 5.47. The highest BCUT2D eigenvalue weighted by Gasteiger charge is 2.32. The van der Waals surface area contributed by atoms with E-state index in [0.717, 1.165) is 36.1 Å². The number of aryl methyl sites for hydroxylation is 2. The molecule has 1 aliphatic rings. The van der Waals surface area contributed by atoms with E-state index in [1.807, 2.05) is 32.0 Å². The van der Waals surface area contributed by atoms with E-state index in [2.05, 4.69) is 15.5 Å². The molecule has 0 radical (unpaired) electrons. The first-order valence-corrected chi connectivity index (χ1v) is 8.91. The number of likely N-dealkylation sites (tertiary alicyclic amines) is 1. The van der Waals surface area contributed by atoms with Crippen LogP contribution < -0.4 is 5.32 Å². The number of piperidine rings is 1. The van der Waals surface area contributed by atoms with Crippen molar-refractivity contribution in [1.29, 1.82) is 0 Å². The molecule has 0 saturated carbocycles. The van der Waals surface area contributed by atoms with Crippen LogP contribution >= 0.6 is 0 Å². The van der Waals surface area contributed by atoms with Crippen molar-refractivity contribution < 1.29 is 14.1 Å². The van der Waals surface area contributed by atoms with Gasteiger partial charge in [0.2, 0.25) is 17.7 Å². The molecule has 1 aromatic heterocycles. The van der Waals surface area contributed by atoms with Crippen molar-refractivity contribution in [2.75, 3.05) is 11.9 Å². The molecule has 7 nitrogen and oxygen atoms in total.